The summed E-state index contributed by atoms with van der Waals surface area (Å²) in [5.74, 6) is 1.51. The normalized spacial score (nSPS) is 9.60. The minimum absolute atomic E-state index is 0.672. The van der Waals surface area contributed by atoms with Gasteiger partial charge >= 0.3 is 0 Å². The summed E-state index contributed by atoms with van der Waals surface area (Å²) < 4.78 is 5.11. The third-order valence-corrected chi connectivity index (χ3v) is 1.45. The molecule has 0 spiro atoms. The van der Waals surface area contributed by atoms with Crippen LogP contribution in [0.3, 0.4) is 0 Å². The average molecular weight is 203 g/mol. The van der Waals surface area contributed by atoms with Crippen LogP contribution in [-0.2, 0) is 0 Å². The molecule has 0 N–H and O–H groups in total. The van der Waals surface area contributed by atoms with Crippen molar-refractivity contribution in [1.29, 1.82) is 0 Å². The topological polar surface area (TPSA) is 26.0 Å². The van der Waals surface area contributed by atoms with E-state index >= 15 is 0 Å². The fourth-order valence-corrected chi connectivity index (χ4v) is 0.947. The molecule has 1 heterocycles. The highest BCUT2D eigenvalue weighted by Crippen LogP contribution is 2.14. The minimum Gasteiger partial charge on any atom is -0.445 e. The Bertz CT molecular complexity index is 349. The van der Waals surface area contributed by atoms with Crippen molar-refractivity contribution in [3.63, 3.8) is 0 Å². The van der Waals surface area contributed by atoms with Crippen LogP contribution in [0.15, 0.2) is 47.2 Å². The Balaban J connectivity index is 0.000000245. The summed E-state index contributed by atoms with van der Waals surface area (Å²) >= 11 is 0. The predicted octanol–water partition coefficient (Wildman–Crippen LogP) is 4.00. The van der Waals surface area contributed by atoms with Crippen molar-refractivity contribution in [2.24, 2.45) is 5.92 Å². The first kappa shape index (κ1) is 11.5. The van der Waals surface area contributed by atoms with Gasteiger partial charge in [0.25, 0.3) is 0 Å². The summed E-state index contributed by atoms with van der Waals surface area (Å²) in [5.41, 5.74) is 1.01. The molecule has 2 nitrogen and oxygen atoms in total. The molecule has 0 aliphatic heterocycles. The number of rotatable bonds is 1. The van der Waals surface area contributed by atoms with Crippen molar-refractivity contribution in [3.8, 4) is 11.5 Å². The van der Waals surface area contributed by atoms with Gasteiger partial charge in [-0.3, -0.25) is 0 Å². The summed E-state index contributed by atoms with van der Waals surface area (Å²) in [6.07, 6.45) is 3.21. The highest BCUT2D eigenvalue weighted by molar-refractivity contribution is 5.51. The van der Waals surface area contributed by atoms with Crippen molar-refractivity contribution in [2.75, 3.05) is 0 Å². The molecule has 0 fully saturated rings. The minimum atomic E-state index is 0.672. The molecule has 1 aromatic carbocycles. The zero-order valence-corrected chi connectivity index (χ0v) is 9.47. The Morgan fingerprint density at radius 3 is 2.13 bits per heavy atom. The van der Waals surface area contributed by atoms with E-state index in [9.17, 15) is 0 Å². The third-order valence-electron chi connectivity index (χ3n) is 1.45. The second-order valence-corrected chi connectivity index (χ2v) is 3.94. The molecule has 0 atom stereocenters. The highest BCUT2D eigenvalue weighted by Gasteiger charge is 1.97. The van der Waals surface area contributed by atoms with Crippen LogP contribution in [-0.4, -0.2) is 4.98 Å². The maximum atomic E-state index is 5.11. The van der Waals surface area contributed by atoms with Crippen molar-refractivity contribution < 1.29 is 4.42 Å². The lowest BCUT2D eigenvalue weighted by Crippen LogP contribution is -1.73. The molecular weight excluding hydrogens is 186 g/mol. The molecule has 15 heavy (non-hydrogen) atoms. The Hall–Kier alpha value is -1.57. The Kier molecular flexibility index (Phi) is 4.61. The van der Waals surface area contributed by atoms with E-state index in [1.807, 2.05) is 30.3 Å². The number of hydrogen-bond acceptors (Lipinski definition) is 2. The van der Waals surface area contributed by atoms with Crippen molar-refractivity contribution in [2.45, 2.75) is 20.8 Å². The van der Waals surface area contributed by atoms with E-state index in [4.69, 9.17) is 4.42 Å². The molecule has 0 amide bonds. The van der Waals surface area contributed by atoms with Gasteiger partial charge in [-0.05, 0) is 18.1 Å². The summed E-state index contributed by atoms with van der Waals surface area (Å²) in [6.45, 7) is 6.50. The molecule has 2 aromatic rings. The maximum Gasteiger partial charge on any atom is 0.225 e. The molecule has 2 rings (SSSR count). The number of nitrogens with zero attached hydrogens (tertiary/aromatic N) is 1. The molecule has 0 saturated carbocycles. The highest BCUT2D eigenvalue weighted by atomic mass is 16.3. The van der Waals surface area contributed by atoms with Gasteiger partial charge in [0.2, 0.25) is 5.89 Å². The second-order valence-electron chi connectivity index (χ2n) is 3.94. The first-order chi connectivity index (χ1) is 7.20. The maximum absolute atomic E-state index is 5.11. The van der Waals surface area contributed by atoms with Crippen LogP contribution < -0.4 is 0 Å². The van der Waals surface area contributed by atoms with Crippen LogP contribution in [0.25, 0.3) is 11.5 Å². The van der Waals surface area contributed by atoms with Gasteiger partial charge in [-0.25, -0.2) is 4.98 Å². The van der Waals surface area contributed by atoms with Gasteiger partial charge in [-0.2, -0.15) is 0 Å². The molecule has 2 heteroatoms. The van der Waals surface area contributed by atoms with E-state index in [1.165, 1.54) is 0 Å². The molecule has 0 saturated heterocycles. The zero-order chi connectivity index (χ0) is 11.1. The van der Waals surface area contributed by atoms with E-state index < -0.39 is 0 Å². The first-order valence-electron chi connectivity index (χ1n) is 5.15. The monoisotopic (exact) mass is 203 g/mol. The van der Waals surface area contributed by atoms with Gasteiger partial charge in [0.05, 0.1) is 6.20 Å². The van der Waals surface area contributed by atoms with Crippen LogP contribution in [0, 0.1) is 5.92 Å². The van der Waals surface area contributed by atoms with Crippen LogP contribution >= 0.6 is 0 Å². The number of benzene rings is 1. The van der Waals surface area contributed by atoms with Gasteiger partial charge in [0, 0.05) is 5.56 Å². The number of oxazole rings is 1. The quantitative estimate of drug-likeness (QED) is 0.700. The molecule has 0 bridgehead atoms. The van der Waals surface area contributed by atoms with Crippen LogP contribution in [0.4, 0.5) is 0 Å². The van der Waals surface area contributed by atoms with Crippen molar-refractivity contribution in [3.05, 3.63) is 42.8 Å². The van der Waals surface area contributed by atoms with E-state index in [-0.39, 0.29) is 0 Å². The average Bonchev–Trinajstić information content (AvgIpc) is 2.71. The lowest BCUT2D eigenvalue weighted by atomic mass is 10.2. The van der Waals surface area contributed by atoms with E-state index in [1.54, 1.807) is 12.5 Å². The fraction of sp³-hybridized carbons (Fsp3) is 0.308. The van der Waals surface area contributed by atoms with Crippen molar-refractivity contribution >= 4 is 0 Å². The lowest BCUT2D eigenvalue weighted by Gasteiger charge is -1.91. The first-order valence-corrected chi connectivity index (χ1v) is 5.15. The smallest absolute Gasteiger partial charge is 0.225 e. The third kappa shape index (κ3) is 4.45. The second kappa shape index (κ2) is 6.02. The van der Waals surface area contributed by atoms with E-state index in [2.05, 4.69) is 25.8 Å². The molecule has 80 valence electrons. The summed E-state index contributed by atoms with van der Waals surface area (Å²) in [5, 5.41) is 0. The van der Waals surface area contributed by atoms with Crippen LogP contribution in [0.5, 0.6) is 0 Å². The Labute approximate surface area is 91.0 Å². The summed E-state index contributed by atoms with van der Waals surface area (Å²) in [7, 11) is 0. The van der Waals surface area contributed by atoms with Gasteiger partial charge < -0.3 is 4.42 Å². The molecular formula is C13H17NO. The molecule has 0 aliphatic rings. The largest absolute Gasteiger partial charge is 0.445 e. The van der Waals surface area contributed by atoms with Crippen LogP contribution in [0.1, 0.15) is 20.8 Å². The van der Waals surface area contributed by atoms with Gasteiger partial charge in [-0.1, -0.05) is 39.0 Å². The SMILES string of the molecule is CC(C)C.c1ccc(-c2ncco2)cc1. The number of aromatic nitrogens is 1. The summed E-state index contributed by atoms with van der Waals surface area (Å²) in [6, 6.07) is 9.81. The lowest BCUT2D eigenvalue weighted by molar-refractivity contribution is 0.574. The summed E-state index contributed by atoms with van der Waals surface area (Å²) in [4.78, 5) is 4.02. The molecule has 1 aromatic heterocycles. The predicted molar refractivity (Wildman–Crippen MR) is 62.5 cm³/mol. The Morgan fingerprint density at radius 1 is 1.07 bits per heavy atom. The van der Waals surface area contributed by atoms with E-state index in [0.717, 1.165) is 11.5 Å². The van der Waals surface area contributed by atoms with Crippen LogP contribution in [0.2, 0.25) is 0 Å². The van der Waals surface area contributed by atoms with Gasteiger partial charge in [-0.15, -0.1) is 0 Å². The Morgan fingerprint density at radius 2 is 1.67 bits per heavy atom. The molecule has 0 aliphatic carbocycles. The zero-order valence-electron chi connectivity index (χ0n) is 9.47. The van der Waals surface area contributed by atoms with Gasteiger partial charge in [0.15, 0.2) is 0 Å². The number of hydrogen-bond donors (Lipinski definition) is 0. The fourth-order valence-electron chi connectivity index (χ4n) is 0.947. The van der Waals surface area contributed by atoms with Gasteiger partial charge in [0.1, 0.15) is 6.26 Å². The molecule has 0 unspecified atom stereocenters. The molecule has 0 radical (unpaired) electrons. The van der Waals surface area contributed by atoms with Crippen molar-refractivity contribution in [1.82, 2.24) is 4.98 Å². The van der Waals surface area contributed by atoms with E-state index in [0.29, 0.717) is 5.89 Å². The standard InChI is InChI=1S/C9H7NO.C4H10/c1-2-4-8(5-3-1)9-10-6-7-11-9;1-4(2)3/h1-7H;4H,1-3H3.